The summed E-state index contributed by atoms with van der Waals surface area (Å²) in [4.78, 5) is 10.5. The number of hydrogen-bond donors (Lipinski definition) is 3. The Kier molecular flexibility index (Phi) is 7.84. The number of nitrogens with one attached hydrogen (secondary N) is 2. The summed E-state index contributed by atoms with van der Waals surface area (Å²) in [6, 6.07) is 0. The third-order valence-electron chi connectivity index (χ3n) is 0.803. The van der Waals surface area contributed by atoms with Gasteiger partial charge in [-0.3, -0.25) is 4.79 Å². The predicted molar refractivity (Wildman–Crippen MR) is 57.1 cm³/mol. The first-order chi connectivity index (χ1) is 6.22. The molecule has 0 spiro atoms. The van der Waals surface area contributed by atoms with Crippen LogP contribution < -0.4 is 5.73 Å². The molecule has 14 heavy (non-hydrogen) atoms. The van der Waals surface area contributed by atoms with Gasteiger partial charge in [-0.15, -0.1) is 0 Å². The van der Waals surface area contributed by atoms with Gasteiger partial charge in [0.2, 0.25) is 0 Å². The van der Waals surface area contributed by atoms with Crippen LogP contribution in [-0.4, -0.2) is 30.0 Å². The Hall–Kier alpha value is -1.23. The van der Waals surface area contributed by atoms with Crippen LogP contribution in [0.1, 0.15) is 27.7 Å². The topological polar surface area (TPSA) is 100 Å². The number of hydrogen-bond acceptors (Lipinski definition) is 5. The molecule has 5 heteroatoms. The lowest BCUT2D eigenvalue weighted by molar-refractivity contribution is -0.152. The maximum Gasteiger partial charge on any atom is 0.320 e. The van der Waals surface area contributed by atoms with Gasteiger partial charge < -0.3 is 21.3 Å². The Labute approximate surface area is 84.7 Å². The van der Waals surface area contributed by atoms with Crippen molar-refractivity contribution in [2.75, 3.05) is 6.54 Å². The van der Waals surface area contributed by atoms with Crippen LogP contribution in [0.15, 0.2) is 0 Å². The number of ether oxygens (including phenoxy) is 1. The van der Waals surface area contributed by atoms with E-state index in [0.717, 1.165) is 6.21 Å². The average Bonchev–Trinajstić information content (AvgIpc) is 2.02. The van der Waals surface area contributed by atoms with Crippen molar-refractivity contribution in [2.45, 2.75) is 33.3 Å². The zero-order valence-corrected chi connectivity index (χ0v) is 9.18. The van der Waals surface area contributed by atoms with Crippen LogP contribution in [0, 0.1) is 10.8 Å². The summed E-state index contributed by atoms with van der Waals surface area (Å²) in [5, 5.41) is 12.8. The molecule has 0 heterocycles. The van der Waals surface area contributed by atoms with Gasteiger partial charge in [0, 0.05) is 11.9 Å². The molecule has 0 aliphatic carbocycles. The Morgan fingerprint density at radius 1 is 1.50 bits per heavy atom. The van der Waals surface area contributed by atoms with Crippen LogP contribution in [0.25, 0.3) is 0 Å². The second kappa shape index (κ2) is 7.20. The highest BCUT2D eigenvalue weighted by Crippen LogP contribution is 2.05. The molecule has 0 unspecified atom stereocenters. The van der Waals surface area contributed by atoms with E-state index in [1.807, 2.05) is 0 Å². The molecule has 0 atom stereocenters. The first-order valence-electron chi connectivity index (χ1n) is 4.20. The summed E-state index contributed by atoms with van der Waals surface area (Å²) in [6.07, 6.45) is 1.00. The predicted octanol–water partition coefficient (Wildman–Crippen LogP) is 0.962. The lowest BCUT2D eigenvalue weighted by atomic mass is 10.2. The van der Waals surface area contributed by atoms with Crippen LogP contribution >= 0.6 is 0 Å². The van der Waals surface area contributed by atoms with Gasteiger partial charge in [0.1, 0.15) is 5.60 Å². The summed E-state index contributed by atoms with van der Waals surface area (Å²) < 4.78 is 4.82. The van der Waals surface area contributed by atoms with E-state index in [4.69, 9.17) is 21.3 Å². The third-order valence-corrected chi connectivity index (χ3v) is 0.803. The van der Waals surface area contributed by atoms with Crippen LogP contribution in [0.2, 0.25) is 0 Å². The number of carbonyl (C=O) groups is 1. The molecule has 0 aromatic carbocycles. The Balaban J connectivity index is 0. The summed E-state index contributed by atoms with van der Waals surface area (Å²) >= 11 is 0. The van der Waals surface area contributed by atoms with E-state index in [1.165, 1.54) is 0 Å². The molecule has 4 N–H and O–H groups in total. The van der Waals surface area contributed by atoms with Gasteiger partial charge in [0.05, 0.1) is 6.54 Å². The van der Waals surface area contributed by atoms with Gasteiger partial charge in [0.15, 0.2) is 0 Å². The van der Waals surface area contributed by atoms with Crippen molar-refractivity contribution < 1.29 is 9.53 Å². The fourth-order valence-electron chi connectivity index (χ4n) is 0.383. The SMILES string of the molecule is CC(=N)C=N.CC(C)(C)OC(=O)CN. The van der Waals surface area contributed by atoms with E-state index < -0.39 is 5.60 Å². The van der Waals surface area contributed by atoms with Crippen molar-refractivity contribution in [2.24, 2.45) is 5.73 Å². The number of rotatable bonds is 2. The van der Waals surface area contributed by atoms with E-state index in [2.05, 4.69) is 0 Å². The van der Waals surface area contributed by atoms with E-state index in [0.29, 0.717) is 5.71 Å². The van der Waals surface area contributed by atoms with Gasteiger partial charge in [-0.05, 0) is 27.7 Å². The molecule has 0 saturated heterocycles. The Morgan fingerprint density at radius 3 is 1.93 bits per heavy atom. The van der Waals surface area contributed by atoms with Crippen molar-refractivity contribution in [3.05, 3.63) is 0 Å². The van der Waals surface area contributed by atoms with Crippen LogP contribution in [0.5, 0.6) is 0 Å². The van der Waals surface area contributed by atoms with Gasteiger partial charge >= 0.3 is 5.97 Å². The highest BCUT2D eigenvalue weighted by atomic mass is 16.6. The first kappa shape index (κ1) is 15.3. The molecule has 0 amide bonds. The van der Waals surface area contributed by atoms with Crippen molar-refractivity contribution in [1.82, 2.24) is 0 Å². The minimum absolute atomic E-state index is 0.0444. The van der Waals surface area contributed by atoms with E-state index in [-0.39, 0.29) is 12.5 Å². The molecular weight excluding hydrogens is 182 g/mol. The molecule has 0 bridgehead atoms. The lowest BCUT2D eigenvalue weighted by Crippen LogP contribution is -2.28. The Bertz CT molecular complexity index is 207. The lowest BCUT2D eigenvalue weighted by Gasteiger charge is -2.18. The number of esters is 1. The molecule has 0 saturated carbocycles. The van der Waals surface area contributed by atoms with Crippen LogP contribution in [-0.2, 0) is 9.53 Å². The van der Waals surface area contributed by atoms with E-state index in [9.17, 15) is 4.79 Å². The van der Waals surface area contributed by atoms with Crippen molar-refractivity contribution >= 4 is 17.9 Å². The van der Waals surface area contributed by atoms with E-state index in [1.54, 1.807) is 27.7 Å². The van der Waals surface area contributed by atoms with Crippen LogP contribution in [0.3, 0.4) is 0 Å². The van der Waals surface area contributed by atoms with Gasteiger partial charge in [-0.25, -0.2) is 0 Å². The number of carbonyl (C=O) groups excluding carboxylic acids is 1. The third kappa shape index (κ3) is 17.0. The zero-order valence-electron chi connectivity index (χ0n) is 9.18. The number of nitrogens with two attached hydrogens (primary N) is 1. The normalized spacial score (nSPS) is 9.50. The molecule has 5 nitrogen and oxygen atoms in total. The molecule has 0 rings (SSSR count). The zero-order chi connectivity index (χ0) is 11.8. The molecule has 0 aliphatic heterocycles. The molecule has 0 aromatic rings. The maximum absolute atomic E-state index is 10.5. The molecular formula is C9H19N3O2. The largest absolute Gasteiger partial charge is 0.459 e. The first-order valence-corrected chi connectivity index (χ1v) is 4.20. The molecule has 82 valence electrons. The summed E-state index contributed by atoms with van der Waals surface area (Å²) in [7, 11) is 0. The molecule has 0 aromatic heterocycles. The van der Waals surface area contributed by atoms with Gasteiger partial charge in [-0.1, -0.05) is 0 Å². The summed E-state index contributed by atoms with van der Waals surface area (Å²) in [5.41, 5.74) is 4.89. The van der Waals surface area contributed by atoms with Crippen molar-refractivity contribution in [3.8, 4) is 0 Å². The monoisotopic (exact) mass is 201 g/mol. The van der Waals surface area contributed by atoms with Crippen molar-refractivity contribution in [1.29, 1.82) is 10.8 Å². The van der Waals surface area contributed by atoms with Gasteiger partial charge in [0.25, 0.3) is 0 Å². The van der Waals surface area contributed by atoms with Crippen molar-refractivity contribution in [3.63, 3.8) is 0 Å². The smallest absolute Gasteiger partial charge is 0.320 e. The maximum atomic E-state index is 10.5. The molecule has 0 aliphatic rings. The van der Waals surface area contributed by atoms with E-state index >= 15 is 0 Å². The summed E-state index contributed by atoms with van der Waals surface area (Å²) in [5.74, 6) is -0.359. The molecule has 0 radical (unpaired) electrons. The fourth-order valence-corrected chi connectivity index (χ4v) is 0.383. The molecule has 0 fully saturated rings. The summed E-state index contributed by atoms with van der Waals surface area (Å²) in [6.45, 7) is 6.94. The highest BCUT2D eigenvalue weighted by molar-refractivity contribution is 6.26. The Morgan fingerprint density at radius 2 is 1.86 bits per heavy atom. The minimum atomic E-state index is -0.406. The minimum Gasteiger partial charge on any atom is -0.459 e. The second-order valence-electron chi connectivity index (χ2n) is 3.62. The second-order valence-corrected chi connectivity index (χ2v) is 3.62. The highest BCUT2D eigenvalue weighted by Gasteiger charge is 2.13. The average molecular weight is 201 g/mol. The fraction of sp³-hybridized carbons (Fsp3) is 0.667. The standard InChI is InChI=1S/C6H13NO2.C3H6N2/c1-6(2,3)9-5(8)4-7;1-3(5)2-4/h4,7H2,1-3H3;2,4-5H,1H3. The quantitative estimate of drug-likeness (QED) is 0.458. The van der Waals surface area contributed by atoms with Crippen LogP contribution in [0.4, 0.5) is 0 Å². The van der Waals surface area contributed by atoms with Gasteiger partial charge in [-0.2, -0.15) is 0 Å².